The summed E-state index contributed by atoms with van der Waals surface area (Å²) in [5.74, 6) is 2.08. The van der Waals surface area contributed by atoms with E-state index in [0.717, 1.165) is 17.7 Å². The van der Waals surface area contributed by atoms with Crippen LogP contribution < -0.4 is 15.0 Å². The third-order valence-electron chi connectivity index (χ3n) is 5.35. The van der Waals surface area contributed by atoms with Crippen LogP contribution in [0.25, 0.3) is 0 Å². The van der Waals surface area contributed by atoms with Crippen LogP contribution in [-0.2, 0) is 7.05 Å². The monoisotopic (exact) mass is 413 g/mol. The summed E-state index contributed by atoms with van der Waals surface area (Å²) >= 11 is 6.10. The second kappa shape index (κ2) is 6.48. The van der Waals surface area contributed by atoms with Crippen LogP contribution in [0.2, 0.25) is 5.02 Å². The van der Waals surface area contributed by atoms with Crippen molar-refractivity contribution in [3.05, 3.63) is 46.8 Å². The molecule has 1 aliphatic heterocycles. The minimum atomic E-state index is 0.101. The van der Waals surface area contributed by atoms with Gasteiger partial charge in [0.2, 0.25) is 11.8 Å². The van der Waals surface area contributed by atoms with E-state index >= 15 is 0 Å². The molecule has 1 aromatic carbocycles. The first-order chi connectivity index (χ1) is 13.9. The zero-order chi connectivity index (χ0) is 20.3. The van der Waals surface area contributed by atoms with E-state index < -0.39 is 0 Å². The fraction of sp³-hybridized carbons (Fsp3) is 0.368. The molecule has 29 heavy (non-hydrogen) atoms. The third-order valence-corrected chi connectivity index (χ3v) is 5.57. The van der Waals surface area contributed by atoms with Crippen LogP contribution in [0.4, 0.5) is 12.0 Å². The van der Waals surface area contributed by atoms with Gasteiger partial charge in [-0.05, 0) is 36.3 Å². The molecule has 2 aliphatic rings. The quantitative estimate of drug-likeness (QED) is 0.637. The lowest BCUT2D eigenvalue weighted by molar-refractivity contribution is 0.204. The fourth-order valence-corrected chi connectivity index (χ4v) is 4.24. The van der Waals surface area contributed by atoms with Gasteiger partial charge in [-0.2, -0.15) is 4.98 Å². The zero-order valence-corrected chi connectivity index (χ0v) is 17.0. The summed E-state index contributed by atoms with van der Waals surface area (Å²) in [5, 5.41) is 16.4. The van der Waals surface area contributed by atoms with Crippen LogP contribution in [-0.4, -0.2) is 43.6 Å². The molecule has 0 bridgehead atoms. The molecule has 1 saturated heterocycles. The fourth-order valence-electron chi connectivity index (χ4n) is 3.96. The first-order valence-electron chi connectivity index (χ1n) is 9.27. The van der Waals surface area contributed by atoms with E-state index in [-0.39, 0.29) is 12.1 Å². The average molecular weight is 414 g/mol. The molecule has 10 heteroatoms. The number of anilines is 2. The maximum atomic E-state index is 6.10. The molecule has 150 valence electrons. The summed E-state index contributed by atoms with van der Waals surface area (Å²) in [5.41, 5.74) is 2.06. The maximum absolute atomic E-state index is 6.10. The molecule has 2 fully saturated rings. The Morgan fingerprint density at radius 2 is 2.10 bits per heavy atom. The van der Waals surface area contributed by atoms with E-state index in [9.17, 15) is 0 Å². The van der Waals surface area contributed by atoms with Gasteiger partial charge in [-0.15, -0.1) is 10.2 Å². The number of benzene rings is 1. The Labute approximate surface area is 172 Å². The highest BCUT2D eigenvalue weighted by Crippen LogP contribution is 2.48. The second-order valence-corrected chi connectivity index (χ2v) is 7.91. The van der Waals surface area contributed by atoms with E-state index in [2.05, 4.69) is 37.1 Å². The number of aromatic nitrogens is 5. The summed E-state index contributed by atoms with van der Waals surface area (Å²) in [6.45, 7) is 8.78. The standard InChI is InChI=1S/C19H20ClN7O2/c1-9-5-12(20)7-13(6-9)29-18-22-17(25-26(18)4)21-15-10(2)16-14(15)8-27(16)19-24-23-11(3)28-19/h5-7,14-16H,2,8H2,1,3-4H3,(H,21,25). The summed E-state index contributed by atoms with van der Waals surface area (Å²) in [6.07, 6.45) is 0. The van der Waals surface area contributed by atoms with Gasteiger partial charge < -0.3 is 19.4 Å². The lowest BCUT2D eigenvalue weighted by atomic mass is 9.63. The lowest BCUT2D eigenvalue weighted by Crippen LogP contribution is -2.72. The highest BCUT2D eigenvalue weighted by molar-refractivity contribution is 6.30. The molecular weight excluding hydrogens is 394 g/mol. The van der Waals surface area contributed by atoms with E-state index in [1.165, 1.54) is 0 Å². The molecule has 0 spiro atoms. The van der Waals surface area contributed by atoms with E-state index in [1.54, 1.807) is 24.7 Å². The molecule has 9 nitrogen and oxygen atoms in total. The number of hydrogen-bond acceptors (Lipinski definition) is 8. The van der Waals surface area contributed by atoms with Crippen LogP contribution in [0.1, 0.15) is 11.5 Å². The van der Waals surface area contributed by atoms with Crippen molar-refractivity contribution in [2.75, 3.05) is 16.8 Å². The Balaban J connectivity index is 1.26. The van der Waals surface area contributed by atoms with E-state index in [4.69, 9.17) is 20.8 Å². The van der Waals surface area contributed by atoms with Crippen molar-refractivity contribution in [3.63, 3.8) is 0 Å². The Hall–Kier alpha value is -3.07. The molecule has 0 radical (unpaired) electrons. The van der Waals surface area contributed by atoms with Crippen LogP contribution in [0.5, 0.6) is 11.8 Å². The van der Waals surface area contributed by atoms with Crippen molar-refractivity contribution >= 4 is 23.6 Å². The van der Waals surface area contributed by atoms with Gasteiger partial charge in [-0.3, -0.25) is 0 Å². The van der Waals surface area contributed by atoms with Crippen molar-refractivity contribution in [2.24, 2.45) is 13.0 Å². The number of aryl methyl sites for hydroxylation is 3. The second-order valence-electron chi connectivity index (χ2n) is 7.47. The predicted octanol–water partition coefficient (Wildman–Crippen LogP) is 3.12. The van der Waals surface area contributed by atoms with Crippen molar-refractivity contribution in [2.45, 2.75) is 25.9 Å². The molecule has 1 N–H and O–H groups in total. The highest BCUT2D eigenvalue weighted by atomic mass is 35.5. The topological polar surface area (TPSA) is 94.1 Å². The first kappa shape index (κ1) is 18.0. The lowest BCUT2D eigenvalue weighted by Gasteiger charge is -2.60. The van der Waals surface area contributed by atoms with Crippen molar-refractivity contribution in [1.29, 1.82) is 0 Å². The van der Waals surface area contributed by atoms with Crippen LogP contribution in [0.3, 0.4) is 0 Å². The Morgan fingerprint density at radius 3 is 2.79 bits per heavy atom. The van der Waals surface area contributed by atoms with Crippen LogP contribution in [0, 0.1) is 19.8 Å². The molecule has 3 unspecified atom stereocenters. The smallest absolute Gasteiger partial charge is 0.321 e. The molecule has 5 rings (SSSR count). The SMILES string of the molecule is C=C1C(Nc2nc(Oc3cc(C)cc(Cl)c3)n(C)n2)C2CN(c3nnc(C)o3)C12. The van der Waals surface area contributed by atoms with Crippen molar-refractivity contribution in [3.8, 4) is 11.8 Å². The Morgan fingerprint density at radius 1 is 1.28 bits per heavy atom. The van der Waals surface area contributed by atoms with Gasteiger partial charge in [0.15, 0.2) is 0 Å². The molecule has 2 aromatic heterocycles. The molecule has 3 aromatic rings. The molecule has 3 atom stereocenters. The average Bonchev–Trinajstić information content (AvgIpc) is 3.18. The normalized spacial score (nSPS) is 22.7. The largest absolute Gasteiger partial charge is 0.424 e. The van der Waals surface area contributed by atoms with E-state index in [0.29, 0.717) is 40.6 Å². The minimum absolute atomic E-state index is 0.101. The molecule has 0 amide bonds. The number of piperidine rings is 1. The zero-order valence-electron chi connectivity index (χ0n) is 16.3. The van der Waals surface area contributed by atoms with Crippen molar-refractivity contribution < 1.29 is 9.15 Å². The van der Waals surface area contributed by atoms with Crippen molar-refractivity contribution in [1.82, 2.24) is 25.0 Å². The molecular formula is C19H20ClN7O2. The van der Waals surface area contributed by atoms with Gasteiger partial charge in [0.1, 0.15) is 5.75 Å². The Kier molecular flexibility index (Phi) is 4.02. The summed E-state index contributed by atoms with van der Waals surface area (Å²) in [4.78, 5) is 6.54. The number of nitrogens with zero attached hydrogens (tertiary/aromatic N) is 6. The number of ether oxygens (including phenoxy) is 1. The number of nitrogens with one attached hydrogen (secondary N) is 1. The molecule has 1 saturated carbocycles. The third kappa shape index (κ3) is 3.02. The Bertz CT molecular complexity index is 1090. The molecule has 3 heterocycles. The summed E-state index contributed by atoms with van der Waals surface area (Å²) in [7, 11) is 1.78. The molecule has 1 aliphatic carbocycles. The van der Waals surface area contributed by atoms with Crippen LogP contribution in [0.15, 0.2) is 34.8 Å². The minimum Gasteiger partial charge on any atom is -0.424 e. The number of hydrogen-bond donors (Lipinski definition) is 1. The number of halogens is 1. The van der Waals surface area contributed by atoms with Gasteiger partial charge in [0.05, 0.1) is 12.1 Å². The number of fused-ring (bicyclic) bond motifs is 1. The van der Waals surface area contributed by atoms with Crippen LogP contribution >= 0.6 is 11.6 Å². The highest BCUT2D eigenvalue weighted by Gasteiger charge is 2.57. The van der Waals surface area contributed by atoms with Gasteiger partial charge in [0.25, 0.3) is 0 Å². The predicted molar refractivity (Wildman–Crippen MR) is 107 cm³/mol. The number of rotatable bonds is 5. The summed E-state index contributed by atoms with van der Waals surface area (Å²) in [6, 6.07) is 6.75. The van der Waals surface area contributed by atoms with Gasteiger partial charge in [-0.25, -0.2) is 4.68 Å². The van der Waals surface area contributed by atoms with Gasteiger partial charge in [-0.1, -0.05) is 23.3 Å². The maximum Gasteiger partial charge on any atom is 0.321 e. The van der Waals surface area contributed by atoms with E-state index in [1.807, 2.05) is 19.1 Å². The van der Waals surface area contributed by atoms with Gasteiger partial charge in [0, 0.05) is 31.5 Å². The first-order valence-corrected chi connectivity index (χ1v) is 9.65. The summed E-state index contributed by atoms with van der Waals surface area (Å²) < 4.78 is 13.0. The van der Waals surface area contributed by atoms with Gasteiger partial charge >= 0.3 is 12.0 Å².